The van der Waals surface area contributed by atoms with Crippen LogP contribution < -0.4 is 10.1 Å². The third kappa shape index (κ3) is 4.08. The van der Waals surface area contributed by atoms with Crippen molar-refractivity contribution >= 4 is 51.4 Å². The van der Waals surface area contributed by atoms with Gasteiger partial charge in [0.1, 0.15) is 12.3 Å². The summed E-state index contributed by atoms with van der Waals surface area (Å²) in [6.07, 6.45) is 1.82. The van der Waals surface area contributed by atoms with Crippen molar-refractivity contribution in [3.8, 4) is 5.75 Å². The molecule has 0 saturated heterocycles. The SMILES string of the molecule is O=C(Cn1ccc2ccc(Cl)cc21)Oc1ccc(NC(=O)c2cccs2)cc1. The molecule has 0 aliphatic carbocycles. The van der Waals surface area contributed by atoms with Crippen LogP contribution >= 0.6 is 22.9 Å². The van der Waals surface area contributed by atoms with Crippen LogP contribution in [0, 0.1) is 0 Å². The number of fused-ring (bicyclic) bond motifs is 1. The van der Waals surface area contributed by atoms with Crippen molar-refractivity contribution < 1.29 is 14.3 Å². The molecule has 0 spiro atoms. The van der Waals surface area contributed by atoms with Gasteiger partial charge in [0.25, 0.3) is 5.91 Å². The van der Waals surface area contributed by atoms with E-state index in [4.69, 9.17) is 16.3 Å². The smallest absolute Gasteiger partial charge is 0.331 e. The standard InChI is InChI=1S/C21H15ClN2O3S/c22-15-4-3-14-9-10-24(18(14)12-15)13-20(25)27-17-7-5-16(6-8-17)23-21(26)19-2-1-11-28-19/h1-12H,13H2,(H,23,26). The molecule has 1 amide bonds. The van der Waals surface area contributed by atoms with Gasteiger partial charge in [-0.2, -0.15) is 0 Å². The molecule has 28 heavy (non-hydrogen) atoms. The number of hydrogen-bond acceptors (Lipinski definition) is 4. The van der Waals surface area contributed by atoms with E-state index < -0.39 is 5.97 Å². The maximum absolute atomic E-state index is 12.3. The maximum Gasteiger partial charge on any atom is 0.331 e. The Bertz CT molecular complexity index is 1130. The monoisotopic (exact) mass is 410 g/mol. The number of ether oxygens (including phenoxy) is 1. The van der Waals surface area contributed by atoms with Gasteiger partial charge in [-0.3, -0.25) is 4.79 Å². The highest BCUT2D eigenvalue weighted by molar-refractivity contribution is 7.12. The molecule has 7 heteroatoms. The zero-order valence-electron chi connectivity index (χ0n) is 14.6. The van der Waals surface area contributed by atoms with Gasteiger partial charge in [0.2, 0.25) is 0 Å². The molecule has 0 fully saturated rings. The topological polar surface area (TPSA) is 60.3 Å². The summed E-state index contributed by atoms with van der Waals surface area (Å²) in [4.78, 5) is 25.0. The second-order valence-electron chi connectivity index (χ2n) is 6.08. The number of thiophene rings is 1. The summed E-state index contributed by atoms with van der Waals surface area (Å²) < 4.78 is 7.19. The first kappa shape index (κ1) is 18.3. The Morgan fingerprint density at radius 1 is 1.07 bits per heavy atom. The summed E-state index contributed by atoms with van der Waals surface area (Å²) >= 11 is 7.41. The first-order valence-electron chi connectivity index (χ1n) is 8.48. The summed E-state index contributed by atoms with van der Waals surface area (Å²) in [6, 6.07) is 17.7. The Morgan fingerprint density at radius 3 is 2.64 bits per heavy atom. The fourth-order valence-corrected chi connectivity index (χ4v) is 3.59. The predicted octanol–water partition coefficient (Wildman–Crippen LogP) is 5.21. The van der Waals surface area contributed by atoms with Gasteiger partial charge in [-0.05, 0) is 59.3 Å². The van der Waals surface area contributed by atoms with Crippen molar-refractivity contribution in [3.05, 3.63) is 82.1 Å². The van der Waals surface area contributed by atoms with E-state index in [1.54, 1.807) is 34.9 Å². The average molecular weight is 411 g/mol. The zero-order chi connectivity index (χ0) is 19.5. The highest BCUT2D eigenvalue weighted by Crippen LogP contribution is 2.21. The van der Waals surface area contributed by atoms with Crippen molar-refractivity contribution in [1.29, 1.82) is 0 Å². The molecule has 4 aromatic rings. The zero-order valence-corrected chi connectivity index (χ0v) is 16.2. The van der Waals surface area contributed by atoms with Gasteiger partial charge in [-0.25, -0.2) is 4.79 Å². The molecule has 0 atom stereocenters. The highest BCUT2D eigenvalue weighted by Gasteiger charge is 2.10. The minimum Gasteiger partial charge on any atom is -0.425 e. The van der Waals surface area contributed by atoms with Crippen molar-refractivity contribution in [3.63, 3.8) is 0 Å². The Hall–Kier alpha value is -3.09. The third-order valence-corrected chi connectivity index (χ3v) is 5.23. The van der Waals surface area contributed by atoms with Crippen molar-refractivity contribution in [1.82, 2.24) is 4.57 Å². The Kier molecular flexibility index (Phi) is 5.14. The molecular formula is C21H15ClN2O3S. The number of rotatable bonds is 5. The van der Waals surface area contributed by atoms with E-state index >= 15 is 0 Å². The van der Waals surface area contributed by atoms with Crippen molar-refractivity contribution in [2.24, 2.45) is 0 Å². The van der Waals surface area contributed by atoms with E-state index in [1.165, 1.54) is 11.3 Å². The molecule has 5 nitrogen and oxygen atoms in total. The lowest BCUT2D eigenvalue weighted by Gasteiger charge is -2.08. The molecule has 140 valence electrons. The number of anilines is 1. The number of carbonyl (C=O) groups excluding carboxylic acids is 2. The maximum atomic E-state index is 12.3. The molecule has 0 aliphatic heterocycles. The summed E-state index contributed by atoms with van der Waals surface area (Å²) in [7, 11) is 0. The fourth-order valence-electron chi connectivity index (χ4n) is 2.80. The van der Waals surface area contributed by atoms with Crippen LogP contribution in [0.2, 0.25) is 5.02 Å². The summed E-state index contributed by atoms with van der Waals surface area (Å²) in [5.41, 5.74) is 1.50. The van der Waals surface area contributed by atoms with Crippen molar-refractivity contribution in [2.45, 2.75) is 6.54 Å². The fraction of sp³-hybridized carbons (Fsp3) is 0.0476. The van der Waals surface area contributed by atoms with E-state index in [9.17, 15) is 9.59 Å². The van der Waals surface area contributed by atoms with Gasteiger partial charge < -0.3 is 14.6 Å². The second-order valence-corrected chi connectivity index (χ2v) is 7.46. The lowest BCUT2D eigenvalue weighted by atomic mass is 10.2. The molecular weight excluding hydrogens is 396 g/mol. The van der Waals surface area contributed by atoms with Gasteiger partial charge >= 0.3 is 5.97 Å². The Balaban J connectivity index is 1.39. The predicted molar refractivity (Wildman–Crippen MR) is 111 cm³/mol. The number of hydrogen-bond donors (Lipinski definition) is 1. The first-order valence-corrected chi connectivity index (χ1v) is 9.74. The minimum absolute atomic E-state index is 0.0701. The molecule has 2 aromatic carbocycles. The molecule has 0 radical (unpaired) electrons. The molecule has 0 bridgehead atoms. The van der Waals surface area contributed by atoms with E-state index in [2.05, 4.69) is 5.32 Å². The number of nitrogens with one attached hydrogen (secondary N) is 1. The van der Waals surface area contributed by atoms with E-state index in [1.807, 2.05) is 41.9 Å². The number of aromatic nitrogens is 1. The molecule has 4 rings (SSSR count). The van der Waals surface area contributed by atoms with Crippen LogP contribution in [0.4, 0.5) is 5.69 Å². The van der Waals surface area contributed by atoms with Crippen LogP contribution in [0.3, 0.4) is 0 Å². The number of benzene rings is 2. The Morgan fingerprint density at radius 2 is 1.89 bits per heavy atom. The van der Waals surface area contributed by atoms with Gasteiger partial charge in [0.15, 0.2) is 0 Å². The number of amides is 1. The van der Waals surface area contributed by atoms with E-state index in [-0.39, 0.29) is 12.5 Å². The molecule has 1 N–H and O–H groups in total. The number of halogens is 1. The van der Waals surface area contributed by atoms with Gasteiger partial charge in [0, 0.05) is 16.9 Å². The number of nitrogens with zero attached hydrogens (tertiary/aromatic N) is 1. The summed E-state index contributed by atoms with van der Waals surface area (Å²) in [6.45, 7) is 0.0701. The molecule has 0 unspecified atom stereocenters. The van der Waals surface area contributed by atoms with Gasteiger partial charge in [0.05, 0.1) is 10.4 Å². The van der Waals surface area contributed by atoms with Crippen LogP contribution in [-0.2, 0) is 11.3 Å². The average Bonchev–Trinajstić information content (AvgIpc) is 3.34. The molecule has 0 aliphatic rings. The third-order valence-electron chi connectivity index (χ3n) is 4.12. The van der Waals surface area contributed by atoms with Gasteiger partial charge in [-0.15, -0.1) is 11.3 Å². The second kappa shape index (κ2) is 7.88. The highest BCUT2D eigenvalue weighted by atomic mass is 35.5. The van der Waals surface area contributed by atoms with Crippen LogP contribution in [0.25, 0.3) is 10.9 Å². The normalized spacial score (nSPS) is 10.8. The molecule has 0 saturated carbocycles. The van der Waals surface area contributed by atoms with Crippen molar-refractivity contribution in [2.75, 3.05) is 5.32 Å². The van der Waals surface area contributed by atoms with Crippen LogP contribution in [-0.4, -0.2) is 16.4 Å². The quantitative estimate of drug-likeness (QED) is 0.362. The van der Waals surface area contributed by atoms with E-state index in [0.717, 1.165) is 10.9 Å². The minimum atomic E-state index is -0.396. The lowest BCUT2D eigenvalue weighted by Crippen LogP contribution is -2.15. The molecule has 2 aromatic heterocycles. The van der Waals surface area contributed by atoms with Crippen LogP contribution in [0.1, 0.15) is 9.67 Å². The summed E-state index contributed by atoms with van der Waals surface area (Å²) in [5.74, 6) is -0.153. The van der Waals surface area contributed by atoms with Gasteiger partial charge in [-0.1, -0.05) is 23.7 Å². The lowest BCUT2D eigenvalue weighted by molar-refractivity contribution is -0.134. The number of esters is 1. The van der Waals surface area contributed by atoms with Crippen LogP contribution in [0.15, 0.2) is 72.2 Å². The largest absolute Gasteiger partial charge is 0.425 e. The van der Waals surface area contributed by atoms with E-state index in [0.29, 0.717) is 21.3 Å². The summed E-state index contributed by atoms with van der Waals surface area (Å²) in [5, 5.41) is 6.26. The Labute approximate surface area is 170 Å². The first-order chi connectivity index (χ1) is 13.6. The van der Waals surface area contributed by atoms with Crippen LogP contribution in [0.5, 0.6) is 5.75 Å². The molecule has 2 heterocycles. The number of carbonyl (C=O) groups is 2.